The summed E-state index contributed by atoms with van der Waals surface area (Å²) in [6, 6.07) is 33.3. The minimum atomic E-state index is 0.116. The average Bonchev–Trinajstić information content (AvgIpc) is 3.22. The molecule has 0 saturated carbocycles. The van der Waals surface area contributed by atoms with E-state index >= 15 is 0 Å². The summed E-state index contributed by atoms with van der Waals surface area (Å²) in [5, 5.41) is 3.70. The second-order valence-electron chi connectivity index (χ2n) is 11.4. The van der Waals surface area contributed by atoms with Crippen LogP contribution in [0.1, 0.15) is 49.4 Å². The smallest absolute Gasteiger partial charge is 0.0384 e. The Morgan fingerprint density at radius 2 is 1.51 bits per heavy atom. The molecule has 0 radical (unpaired) electrons. The Hall–Kier alpha value is -4.10. The molecule has 0 spiro atoms. The van der Waals surface area contributed by atoms with Crippen LogP contribution in [0, 0.1) is 5.92 Å². The van der Waals surface area contributed by atoms with Gasteiger partial charge in [-0.2, -0.15) is 0 Å². The van der Waals surface area contributed by atoms with Gasteiger partial charge in [-0.15, -0.1) is 0 Å². The van der Waals surface area contributed by atoms with Gasteiger partial charge in [0.05, 0.1) is 0 Å². The van der Waals surface area contributed by atoms with Gasteiger partial charge in [0.2, 0.25) is 0 Å². The Labute approximate surface area is 233 Å². The highest BCUT2D eigenvalue weighted by Crippen LogP contribution is 2.44. The Kier molecular flexibility index (Phi) is 6.83. The zero-order valence-electron chi connectivity index (χ0n) is 23.2. The molecule has 1 nitrogen and oxygen atoms in total. The van der Waals surface area contributed by atoms with Crippen molar-refractivity contribution < 1.29 is 0 Å². The molecule has 0 fully saturated rings. The number of fused-ring (bicyclic) bond motifs is 2. The second-order valence-corrected chi connectivity index (χ2v) is 11.4. The molecule has 6 rings (SSSR count). The summed E-state index contributed by atoms with van der Waals surface area (Å²) in [5.41, 5.74) is 13.3. The van der Waals surface area contributed by atoms with Crippen molar-refractivity contribution in [2.45, 2.75) is 45.4 Å². The molecular weight excluding hydrogens is 470 g/mol. The van der Waals surface area contributed by atoms with Crippen molar-refractivity contribution in [2.24, 2.45) is 5.92 Å². The quantitative estimate of drug-likeness (QED) is 0.256. The van der Waals surface area contributed by atoms with E-state index in [2.05, 4.69) is 147 Å². The van der Waals surface area contributed by atoms with Gasteiger partial charge in [-0.1, -0.05) is 117 Å². The van der Waals surface area contributed by atoms with Crippen LogP contribution in [0.4, 0.5) is 5.69 Å². The zero-order valence-corrected chi connectivity index (χ0v) is 23.2. The van der Waals surface area contributed by atoms with E-state index in [0.29, 0.717) is 5.92 Å². The third kappa shape index (κ3) is 4.90. The molecule has 0 amide bonds. The number of allylic oxidation sites excluding steroid dienone is 4. The van der Waals surface area contributed by atoms with Crippen LogP contribution in [0.2, 0.25) is 0 Å². The maximum Gasteiger partial charge on any atom is 0.0384 e. The van der Waals surface area contributed by atoms with E-state index in [1.54, 1.807) is 0 Å². The van der Waals surface area contributed by atoms with Crippen molar-refractivity contribution in [3.63, 3.8) is 0 Å². The molecule has 0 aliphatic heterocycles. The minimum Gasteiger partial charge on any atom is -0.356 e. The first kappa shape index (κ1) is 25.2. The maximum absolute atomic E-state index is 3.70. The topological polar surface area (TPSA) is 12.0 Å². The highest BCUT2D eigenvalue weighted by atomic mass is 14.9. The van der Waals surface area contributed by atoms with Crippen molar-refractivity contribution in [1.29, 1.82) is 0 Å². The summed E-state index contributed by atoms with van der Waals surface area (Å²) < 4.78 is 0. The monoisotopic (exact) mass is 507 g/mol. The van der Waals surface area contributed by atoms with Crippen LogP contribution in [0.3, 0.4) is 0 Å². The number of aryl methyl sites for hydroxylation is 1. The Bertz CT molecular complexity index is 1580. The Morgan fingerprint density at radius 3 is 2.31 bits per heavy atom. The SMILES string of the molecule is C/C=C\C(=C/C1Cc2ccccc2C1(C)C)Nc1ccc(-c2ccccc2-c2cccc3c2C=CCC3)cc1. The highest BCUT2D eigenvalue weighted by molar-refractivity contribution is 5.88. The Morgan fingerprint density at radius 1 is 0.795 bits per heavy atom. The molecule has 0 heterocycles. The number of hydrogen-bond acceptors (Lipinski definition) is 1. The zero-order chi connectivity index (χ0) is 26.8. The van der Waals surface area contributed by atoms with Gasteiger partial charge in [0, 0.05) is 11.4 Å². The number of benzene rings is 4. The molecule has 0 aromatic heterocycles. The standard InChI is InChI=1S/C38H37N/c1-4-12-32(26-30-25-29-14-6-10-20-37(29)38(30,2)3)39-31-23-21-28(22-24-31)34-17-8-9-18-35(34)36-19-11-15-27-13-5-7-16-33(27)36/h4,6-12,14-24,26,30,39H,5,13,25H2,1-3H3/b12-4-,32-26+. The summed E-state index contributed by atoms with van der Waals surface area (Å²) in [7, 11) is 0. The molecule has 1 heteroatoms. The lowest BCUT2D eigenvalue weighted by Crippen LogP contribution is -2.23. The summed E-state index contributed by atoms with van der Waals surface area (Å²) >= 11 is 0. The van der Waals surface area contributed by atoms with E-state index in [0.717, 1.165) is 30.6 Å². The van der Waals surface area contributed by atoms with Crippen molar-refractivity contribution in [1.82, 2.24) is 0 Å². The largest absolute Gasteiger partial charge is 0.356 e. The van der Waals surface area contributed by atoms with Gasteiger partial charge >= 0.3 is 0 Å². The van der Waals surface area contributed by atoms with Gasteiger partial charge in [0.1, 0.15) is 0 Å². The maximum atomic E-state index is 3.70. The lowest BCUT2D eigenvalue weighted by molar-refractivity contribution is 0.418. The number of hydrogen-bond donors (Lipinski definition) is 1. The highest BCUT2D eigenvalue weighted by Gasteiger charge is 2.37. The van der Waals surface area contributed by atoms with Crippen molar-refractivity contribution in [3.8, 4) is 22.3 Å². The molecule has 194 valence electrons. The summed E-state index contributed by atoms with van der Waals surface area (Å²) in [4.78, 5) is 0. The fourth-order valence-electron chi connectivity index (χ4n) is 6.39. The number of anilines is 1. The van der Waals surface area contributed by atoms with Gasteiger partial charge in [0.15, 0.2) is 0 Å². The first-order valence-electron chi connectivity index (χ1n) is 14.2. The van der Waals surface area contributed by atoms with Crippen molar-refractivity contribution in [3.05, 3.63) is 143 Å². The predicted molar refractivity (Wildman–Crippen MR) is 168 cm³/mol. The van der Waals surface area contributed by atoms with Gasteiger partial charge in [-0.3, -0.25) is 0 Å². The van der Waals surface area contributed by atoms with E-state index in [-0.39, 0.29) is 5.41 Å². The van der Waals surface area contributed by atoms with Crippen LogP contribution in [0.15, 0.2) is 121 Å². The van der Waals surface area contributed by atoms with Gasteiger partial charge in [0.25, 0.3) is 0 Å². The molecule has 1 N–H and O–H groups in total. The Balaban J connectivity index is 1.28. The van der Waals surface area contributed by atoms with E-state index in [4.69, 9.17) is 0 Å². The van der Waals surface area contributed by atoms with Gasteiger partial charge in [-0.05, 0) is 100 Å². The third-order valence-corrected chi connectivity index (χ3v) is 8.57. The number of nitrogens with one attached hydrogen (secondary N) is 1. The van der Waals surface area contributed by atoms with E-state index in [1.807, 2.05) is 0 Å². The molecule has 4 aromatic rings. The van der Waals surface area contributed by atoms with Crippen molar-refractivity contribution in [2.75, 3.05) is 5.32 Å². The third-order valence-electron chi connectivity index (χ3n) is 8.57. The lowest BCUT2D eigenvalue weighted by atomic mass is 9.78. The molecule has 4 aromatic carbocycles. The fraction of sp³-hybridized carbons (Fsp3) is 0.211. The molecular formula is C38H37N. The first-order chi connectivity index (χ1) is 19.0. The summed E-state index contributed by atoms with van der Waals surface area (Å²) in [5.74, 6) is 0.450. The van der Waals surface area contributed by atoms with Crippen LogP contribution in [0.25, 0.3) is 28.3 Å². The molecule has 0 saturated heterocycles. The molecule has 2 aliphatic rings. The van der Waals surface area contributed by atoms with E-state index in [1.165, 1.54) is 44.5 Å². The molecule has 2 aliphatic carbocycles. The second kappa shape index (κ2) is 10.6. The molecule has 39 heavy (non-hydrogen) atoms. The normalized spacial score (nSPS) is 17.7. The predicted octanol–water partition coefficient (Wildman–Crippen LogP) is 10.0. The van der Waals surface area contributed by atoms with Crippen LogP contribution >= 0.6 is 0 Å². The van der Waals surface area contributed by atoms with Crippen LogP contribution in [0.5, 0.6) is 0 Å². The lowest BCUT2D eigenvalue weighted by Gasteiger charge is -2.27. The van der Waals surface area contributed by atoms with E-state index in [9.17, 15) is 0 Å². The fourth-order valence-corrected chi connectivity index (χ4v) is 6.39. The minimum absolute atomic E-state index is 0.116. The number of rotatable bonds is 6. The molecule has 1 atom stereocenters. The summed E-state index contributed by atoms with van der Waals surface area (Å²) in [6.45, 7) is 6.83. The molecule has 0 bridgehead atoms. The summed E-state index contributed by atoms with van der Waals surface area (Å²) in [6.07, 6.45) is 14.7. The van der Waals surface area contributed by atoms with Crippen molar-refractivity contribution >= 4 is 11.8 Å². The van der Waals surface area contributed by atoms with Gasteiger partial charge < -0.3 is 5.32 Å². The van der Waals surface area contributed by atoms with Crippen LogP contribution in [-0.4, -0.2) is 0 Å². The van der Waals surface area contributed by atoms with Crippen LogP contribution in [-0.2, 0) is 18.3 Å². The average molecular weight is 508 g/mol. The van der Waals surface area contributed by atoms with Crippen LogP contribution < -0.4 is 5.32 Å². The van der Waals surface area contributed by atoms with Gasteiger partial charge in [-0.25, -0.2) is 0 Å². The van der Waals surface area contributed by atoms with E-state index < -0.39 is 0 Å². The first-order valence-corrected chi connectivity index (χ1v) is 14.2. The molecule has 1 unspecified atom stereocenters.